The van der Waals surface area contributed by atoms with Crippen molar-refractivity contribution >= 4 is 40.6 Å². The maximum atomic E-state index is 6.04. The fourth-order valence-electron chi connectivity index (χ4n) is 1.59. The largest absolute Gasteiger partial charge is 0.484 e. The second kappa shape index (κ2) is 7.69. The van der Waals surface area contributed by atoms with Crippen LogP contribution in [0.25, 0.3) is 0 Å². The SMILES string of the molecule is CCCNc1cnc(COc2c(Cl)cc(Cl)cc2Cl)cn1. The molecule has 2 rings (SSSR count). The third-order valence-electron chi connectivity index (χ3n) is 2.59. The van der Waals surface area contributed by atoms with Crippen molar-refractivity contribution in [1.82, 2.24) is 9.97 Å². The number of hydrogen-bond donors (Lipinski definition) is 1. The molecule has 0 fully saturated rings. The van der Waals surface area contributed by atoms with Gasteiger partial charge in [-0.3, -0.25) is 4.98 Å². The van der Waals surface area contributed by atoms with E-state index in [9.17, 15) is 0 Å². The van der Waals surface area contributed by atoms with E-state index in [1.807, 2.05) is 0 Å². The summed E-state index contributed by atoms with van der Waals surface area (Å²) < 4.78 is 5.58. The van der Waals surface area contributed by atoms with Gasteiger partial charge in [-0.05, 0) is 18.6 Å². The van der Waals surface area contributed by atoms with Gasteiger partial charge in [0.1, 0.15) is 12.4 Å². The van der Waals surface area contributed by atoms with E-state index in [0.717, 1.165) is 18.8 Å². The Morgan fingerprint density at radius 1 is 1.10 bits per heavy atom. The summed E-state index contributed by atoms with van der Waals surface area (Å²) in [6.45, 7) is 3.17. The highest BCUT2D eigenvalue weighted by atomic mass is 35.5. The zero-order chi connectivity index (χ0) is 15.2. The van der Waals surface area contributed by atoms with E-state index in [-0.39, 0.29) is 6.61 Å². The quantitative estimate of drug-likeness (QED) is 0.813. The van der Waals surface area contributed by atoms with Crippen LogP contribution in [-0.4, -0.2) is 16.5 Å². The fraction of sp³-hybridized carbons (Fsp3) is 0.286. The van der Waals surface area contributed by atoms with E-state index in [1.54, 1.807) is 24.5 Å². The first-order valence-corrected chi connectivity index (χ1v) is 7.55. The van der Waals surface area contributed by atoms with Crippen molar-refractivity contribution in [2.24, 2.45) is 0 Å². The van der Waals surface area contributed by atoms with Gasteiger partial charge in [0.15, 0.2) is 5.75 Å². The van der Waals surface area contributed by atoms with Crippen molar-refractivity contribution in [2.45, 2.75) is 20.0 Å². The van der Waals surface area contributed by atoms with Crippen molar-refractivity contribution in [2.75, 3.05) is 11.9 Å². The van der Waals surface area contributed by atoms with E-state index < -0.39 is 0 Å². The minimum atomic E-state index is 0.224. The number of nitrogens with one attached hydrogen (secondary N) is 1. The van der Waals surface area contributed by atoms with Gasteiger partial charge < -0.3 is 10.1 Å². The van der Waals surface area contributed by atoms with Crippen LogP contribution in [0.15, 0.2) is 24.5 Å². The Bertz CT molecular complexity index is 582. The molecular formula is C14H14Cl3N3O. The molecular weight excluding hydrogens is 333 g/mol. The Labute approximate surface area is 138 Å². The molecule has 0 aliphatic rings. The van der Waals surface area contributed by atoms with Gasteiger partial charge in [-0.2, -0.15) is 0 Å². The Morgan fingerprint density at radius 2 is 1.81 bits per heavy atom. The molecule has 0 saturated heterocycles. The van der Waals surface area contributed by atoms with Crippen LogP contribution in [0, 0.1) is 0 Å². The predicted octanol–water partition coefficient (Wildman–Crippen LogP) is 4.84. The van der Waals surface area contributed by atoms with Crippen molar-refractivity contribution in [3.8, 4) is 5.75 Å². The van der Waals surface area contributed by atoms with Crippen molar-refractivity contribution in [1.29, 1.82) is 0 Å². The van der Waals surface area contributed by atoms with Crippen LogP contribution in [0.2, 0.25) is 15.1 Å². The number of benzene rings is 1. The maximum absolute atomic E-state index is 6.04. The molecule has 0 aliphatic heterocycles. The highest BCUT2D eigenvalue weighted by Gasteiger charge is 2.10. The van der Waals surface area contributed by atoms with Crippen LogP contribution >= 0.6 is 34.8 Å². The first kappa shape index (κ1) is 16.1. The Hall–Kier alpha value is -1.23. The molecule has 0 saturated carbocycles. The summed E-state index contributed by atoms with van der Waals surface area (Å²) in [6.07, 6.45) is 4.34. The van der Waals surface area contributed by atoms with E-state index in [0.29, 0.717) is 26.5 Å². The molecule has 1 heterocycles. The number of hydrogen-bond acceptors (Lipinski definition) is 4. The zero-order valence-corrected chi connectivity index (χ0v) is 13.6. The average Bonchev–Trinajstić information content (AvgIpc) is 2.45. The lowest BCUT2D eigenvalue weighted by Gasteiger charge is -2.10. The van der Waals surface area contributed by atoms with Crippen LogP contribution in [0.1, 0.15) is 19.0 Å². The molecule has 21 heavy (non-hydrogen) atoms. The smallest absolute Gasteiger partial charge is 0.157 e. The number of halogens is 3. The summed E-state index contributed by atoms with van der Waals surface area (Å²) in [4.78, 5) is 8.51. The fourth-order valence-corrected chi connectivity index (χ4v) is 2.51. The summed E-state index contributed by atoms with van der Waals surface area (Å²) >= 11 is 17.9. The number of rotatable bonds is 6. The monoisotopic (exact) mass is 345 g/mol. The van der Waals surface area contributed by atoms with Gasteiger partial charge in [-0.15, -0.1) is 0 Å². The molecule has 0 unspecified atom stereocenters. The first-order chi connectivity index (χ1) is 10.1. The van der Waals surface area contributed by atoms with Crippen molar-refractivity contribution < 1.29 is 4.74 Å². The second-order valence-corrected chi connectivity index (χ2v) is 5.56. The molecule has 1 N–H and O–H groups in total. The third kappa shape index (κ3) is 4.63. The predicted molar refractivity (Wildman–Crippen MR) is 86.6 cm³/mol. The van der Waals surface area contributed by atoms with E-state index in [4.69, 9.17) is 39.5 Å². The summed E-state index contributed by atoms with van der Waals surface area (Å²) in [5.41, 5.74) is 0.680. The molecule has 1 aromatic carbocycles. The molecule has 4 nitrogen and oxygen atoms in total. The number of aromatic nitrogens is 2. The van der Waals surface area contributed by atoms with Gasteiger partial charge in [0.2, 0.25) is 0 Å². The minimum absolute atomic E-state index is 0.224. The van der Waals surface area contributed by atoms with Crippen molar-refractivity contribution in [3.63, 3.8) is 0 Å². The Kier molecular flexibility index (Phi) is 5.91. The minimum Gasteiger partial charge on any atom is -0.484 e. The van der Waals surface area contributed by atoms with Crippen molar-refractivity contribution in [3.05, 3.63) is 45.3 Å². The highest BCUT2D eigenvalue weighted by Crippen LogP contribution is 2.36. The van der Waals surface area contributed by atoms with Gasteiger partial charge in [0.25, 0.3) is 0 Å². The molecule has 0 radical (unpaired) electrons. The summed E-state index contributed by atoms with van der Waals surface area (Å²) in [5.74, 6) is 1.13. The third-order valence-corrected chi connectivity index (χ3v) is 3.37. The molecule has 0 atom stereocenters. The standard InChI is InChI=1S/C14H14Cl3N3O/c1-2-3-18-13-7-19-10(6-20-13)8-21-14-11(16)4-9(15)5-12(14)17/h4-7H,2-3,8H2,1H3,(H,18,20). The van der Waals surface area contributed by atoms with Crippen LogP contribution in [0.4, 0.5) is 5.82 Å². The van der Waals surface area contributed by atoms with E-state index in [2.05, 4.69) is 22.2 Å². The van der Waals surface area contributed by atoms with E-state index >= 15 is 0 Å². The van der Waals surface area contributed by atoms with Gasteiger partial charge in [0.05, 0.1) is 28.1 Å². The Morgan fingerprint density at radius 3 is 2.38 bits per heavy atom. The van der Waals surface area contributed by atoms with E-state index in [1.165, 1.54) is 0 Å². The molecule has 0 amide bonds. The lowest BCUT2D eigenvalue weighted by molar-refractivity contribution is 0.301. The normalized spacial score (nSPS) is 10.5. The molecule has 1 aromatic heterocycles. The number of ether oxygens (including phenoxy) is 1. The maximum Gasteiger partial charge on any atom is 0.157 e. The zero-order valence-electron chi connectivity index (χ0n) is 11.4. The molecule has 7 heteroatoms. The van der Waals surface area contributed by atoms with Gasteiger partial charge in [-0.25, -0.2) is 4.98 Å². The molecule has 0 aliphatic carbocycles. The first-order valence-electron chi connectivity index (χ1n) is 6.42. The average molecular weight is 347 g/mol. The van der Waals surface area contributed by atoms with Crippen LogP contribution < -0.4 is 10.1 Å². The van der Waals surface area contributed by atoms with Gasteiger partial charge in [0, 0.05) is 11.6 Å². The molecule has 112 valence electrons. The highest BCUT2D eigenvalue weighted by molar-refractivity contribution is 6.40. The lowest BCUT2D eigenvalue weighted by Crippen LogP contribution is -2.05. The van der Waals surface area contributed by atoms with Gasteiger partial charge >= 0.3 is 0 Å². The van der Waals surface area contributed by atoms with Crippen LogP contribution in [0.3, 0.4) is 0 Å². The second-order valence-electron chi connectivity index (χ2n) is 4.31. The summed E-state index contributed by atoms with van der Waals surface area (Å²) in [6, 6.07) is 3.15. The molecule has 2 aromatic rings. The summed E-state index contributed by atoms with van der Waals surface area (Å²) in [7, 11) is 0. The molecule has 0 bridgehead atoms. The van der Waals surface area contributed by atoms with Crippen LogP contribution in [0.5, 0.6) is 5.75 Å². The summed E-state index contributed by atoms with van der Waals surface area (Å²) in [5, 5.41) is 4.34. The number of nitrogens with zero attached hydrogens (tertiary/aromatic N) is 2. The van der Waals surface area contributed by atoms with Crippen LogP contribution in [-0.2, 0) is 6.61 Å². The Balaban J connectivity index is 2.00. The molecule has 0 spiro atoms. The lowest BCUT2D eigenvalue weighted by atomic mass is 10.3. The topological polar surface area (TPSA) is 47.0 Å². The van der Waals surface area contributed by atoms with Gasteiger partial charge in [-0.1, -0.05) is 41.7 Å². The number of anilines is 1.